The van der Waals surface area contributed by atoms with Crippen LogP contribution in [0.1, 0.15) is 11.1 Å². The van der Waals surface area contributed by atoms with E-state index >= 15 is 0 Å². The monoisotopic (exact) mass is 281 g/mol. The fourth-order valence-corrected chi connectivity index (χ4v) is 2.42. The Hall–Kier alpha value is -2.69. The van der Waals surface area contributed by atoms with Gasteiger partial charge in [0.1, 0.15) is 5.82 Å². The second-order valence-corrected chi connectivity index (χ2v) is 4.91. The zero-order chi connectivity index (χ0) is 14.7. The number of hydrogen-bond acceptors (Lipinski definition) is 3. The average Bonchev–Trinajstić information content (AvgIpc) is 2.54. The Bertz CT molecular complexity index is 670. The molecule has 5 heteroatoms. The third-order valence-corrected chi connectivity index (χ3v) is 3.52. The molecule has 1 aliphatic rings. The van der Waals surface area contributed by atoms with Crippen LogP contribution < -0.4 is 5.32 Å². The average molecular weight is 281 g/mol. The van der Waals surface area contributed by atoms with Gasteiger partial charge >= 0.3 is 11.8 Å². The van der Waals surface area contributed by atoms with Crippen molar-refractivity contribution in [3.05, 3.63) is 59.8 Å². The molecule has 0 spiro atoms. The van der Waals surface area contributed by atoms with Crippen LogP contribution in [0.15, 0.2) is 48.7 Å². The number of hydrogen-bond donors (Lipinski definition) is 1. The van der Waals surface area contributed by atoms with Gasteiger partial charge in [-0.25, -0.2) is 4.98 Å². The van der Waals surface area contributed by atoms with E-state index in [1.807, 2.05) is 18.2 Å². The minimum absolute atomic E-state index is 0.383. The first-order chi connectivity index (χ1) is 10.2. The molecule has 1 aromatic carbocycles. The van der Waals surface area contributed by atoms with Gasteiger partial charge in [-0.3, -0.25) is 9.59 Å². The summed E-state index contributed by atoms with van der Waals surface area (Å²) in [6.07, 6.45) is 2.34. The van der Waals surface area contributed by atoms with Crippen molar-refractivity contribution in [1.82, 2.24) is 9.88 Å². The molecule has 21 heavy (non-hydrogen) atoms. The van der Waals surface area contributed by atoms with Gasteiger partial charge in [0.25, 0.3) is 0 Å². The van der Waals surface area contributed by atoms with Crippen LogP contribution in [0, 0.1) is 0 Å². The number of pyridine rings is 1. The van der Waals surface area contributed by atoms with Crippen molar-refractivity contribution in [3.63, 3.8) is 0 Å². The maximum atomic E-state index is 12.2. The lowest BCUT2D eigenvalue weighted by molar-refractivity contribution is -0.143. The minimum atomic E-state index is -0.645. The lowest BCUT2D eigenvalue weighted by Gasteiger charge is -2.28. The lowest BCUT2D eigenvalue weighted by Crippen LogP contribution is -2.42. The van der Waals surface area contributed by atoms with Crippen LogP contribution in [0.5, 0.6) is 0 Å². The topological polar surface area (TPSA) is 62.3 Å². The number of anilines is 1. The SMILES string of the molecule is O=C(Nc1ccccn1)C(=O)N1CCc2ccccc2C1. The molecule has 0 bridgehead atoms. The summed E-state index contributed by atoms with van der Waals surface area (Å²) >= 11 is 0. The maximum absolute atomic E-state index is 12.2. The summed E-state index contributed by atoms with van der Waals surface area (Å²) in [4.78, 5) is 29.7. The van der Waals surface area contributed by atoms with Crippen LogP contribution in [-0.4, -0.2) is 28.2 Å². The van der Waals surface area contributed by atoms with Crippen molar-refractivity contribution >= 4 is 17.6 Å². The Morgan fingerprint density at radius 1 is 1.05 bits per heavy atom. The predicted octanol–water partition coefficient (Wildman–Crippen LogP) is 1.60. The summed E-state index contributed by atoms with van der Waals surface area (Å²) in [6.45, 7) is 1.04. The van der Waals surface area contributed by atoms with E-state index in [-0.39, 0.29) is 0 Å². The highest BCUT2D eigenvalue weighted by molar-refractivity contribution is 6.39. The Morgan fingerprint density at radius 2 is 1.81 bits per heavy atom. The van der Waals surface area contributed by atoms with E-state index in [0.29, 0.717) is 18.9 Å². The number of aromatic nitrogens is 1. The first kappa shape index (κ1) is 13.3. The van der Waals surface area contributed by atoms with Gasteiger partial charge in [0.05, 0.1) is 0 Å². The summed E-state index contributed by atoms with van der Waals surface area (Å²) < 4.78 is 0. The number of rotatable bonds is 1. The number of nitrogens with one attached hydrogen (secondary N) is 1. The van der Waals surface area contributed by atoms with Gasteiger partial charge in [-0.2, -0.15) is 0 Å². The smallest absolute Gasteiger partial charge is 0.315 e. The van der Waals surface area contributed by atoms with E-state index in [1.54, 1.807) is 29.3 Å². The molecule has 0 fully saturated rings. The lowest BCUT2D eigenvalue weighted by atomic mass is 10.00. The summed E-state index contributed by atoms with van der Waals surface area (Å²) in [6, 6.07) is 13.1. The Kier molecular flexibility index (Phi) is 3.64. The quantitative estimate of drug-likeness (QED) is 0.808. The van der Waals surface area contributed by atoms with Gasteiger partial charge in [-0.1, -0.05) is 30.3 Å². The van der Waals surface area contributed by atoms with Gasteiger partial charge in [0.15, 0.2) is 0 Å². The molecule has 5 nitrogen and oxygen atoms in total. The van der Waals surface area contributed by atoms with Crippen LogP contribution in [0.3, 0.4) is 0 Å². The van der Waals surface area contributed by atoms with Crippen molar-refractivity contribution in [2.75, 3.05) is 11.9 Å². The van der Waals surface area contributed by atoms with Gasteiger partial charge in [0, 0.05) is 19.3 Å². The van der Waals surface area contributed by atoms with Crippen LogP contribution in [-0.2, 0) is 22.6 Å². The Balaban J connectivity index is 1.68. The maximum Gasteiger partial charge on any atom is 0.315 e. The molecule has 0 radical (unpaired) electrons. The number of fused-ring (bicyclic) bond motifs is 1. The van der Waals surface area contributed by atoms with Crippen LogP contribution >= 0.6 is 0 Å². The van der Waals surface area contributed by atoms with E-state index < -0.39 is 11.8 Å². The molecule has 0 saturated heterocycles. The third kappa shape index (κ3) is 2.91. The van der Waals surface area contributed by atoms with Crippen molar-refractivity contribution < 1.29 is 9.59 Å². The molecule has 1 aliphatic heterocycles. The summed E-state index contributed by atoms with van der Waals surface area (Å²) in [5.41, 5.74) is 2.34. The second-order valence-electron chi connectivity index (χ2n) is 4.91. The third-order valence-electron chi connectivity index (χ3n) is 3.52. The largest absolute Gasteiger partial charge is 0.330 e. The van der Waals surface area contributed by atoms with Crippen molar-refractivity contribution in [2.45, 2.75) is 13.0 Å². The molecule has 2 amide bonds. The molecule has 1 N–H and O–H groups in total. The highest BCUT2D eigenvalue weighted by Gasteiger charge is 2.25. The van der Waals surface area contributed by atoms with Gasteiger partial charge < -0.3 is 10.2 Å². The first-order valence-corrected chi connectivity index (χ1v) is 6.82. The number of benzene rings is 1. The highest BCUT2D eigenvalue weighted by atomic mass is 16.2. The molecule has 0 unspecified atom stereocenters. The molecule has 2 aromatic rings. The minimum Gasteiger partial charge on any atom is -0.330 e. The fraction of sp³-hybridized carbons (Fsp3) is 0.188. The molecule has 0 aliphatic carbocycles. The predicted molar refractivity (Wildman–Crippen MR) is 78.4 cm³/mol. The molecule has 1 aromatic heterocycles. The molecule has 3 rings (SSSR count). The summed E-state index contributed by atoms with van der Waals surface area (Å²) in [7, 11) is 0. The Morgan fingerprint density at radius 3 is 2.57 bits per heavy atom. The zero-order valence-corrected chi connectivity index (χ0v) is 11.5. The Labute approximate surface area is 122 Å². The molecular formula is C16H15N3O2. The van der Waals surface area contributed by atoms with E-state index in [4.69, 9.17) is 0 Å². The van der Waals surface area contributed by atoms with Gasteiger partial charge in [0.2, 0.25) is 0 Å². The molecule has 106 valence electrons. The number of carbonyl (C=O) groups excluding carboxylic acids is 2. The molecule has 0 saturated carbocycles. The highest BCUT2D eigenvalue weighted by Crippen LogP contribution is 2.18. The van der Waals surface area contributed by atoms with Crippen molar-refractivity contribution in [1.29, 1.82) is 0 Å². The number of amides is 2. The molecule has 0 atom stereocenters. The second kappa shape index (κ2) is 5.75. The van der Waals surface area contributed by atoms with Crippen molar-refractivity contribution in [2.24, 2.45) is 0 Å². The number of carbonyl (C=O) groups is 2. The van der Waals surface area contributed by atoms with Gasteiger partial charge in [-0.05, 0) is 29.7 Å². The standard InChI is InChI=1S/C16H15N3O2/c20-15(18-14-7-3-4-9-17-14)16(21)19-10-8-12-5-1-2-6-13(12)11-19/h1-7,9H,8,10-11H2,(H,17,18,20). The van der Waals surface area contributed by atoms with E-state index in [2.05, 4.69) is 16.4 Å². The first-order valence-electron chi connectivity index (χ1n) is 6.82. The molecule has 2 heterocycles. The van der Waals surface area contributed by atoms with Gasteiger partial charge in [-0.15, -0.1) is 0 Å². The van der Waals surface area contributed by atoms with E-state index in [1.165, 1.54) is 5.56 Å². The number of nitrogens with zero attached hydrogens (tertiary/aromatic N) is 2. The fourth-order valence-electron chi connectivity index (χ4n) is 2.42. The summed E-state index contributed by atoms with van der Waals surface area (Å²) in [5, 5.41) is 2.52. The van der Waals surface area contributed by atoms with E-state index in [9.17, 15) is 9.59 Å². The van der Waals surface area contributed by atoms with Crippen molar-refractivity contribution in [3.8, 4) is 0 Å². The van der Waals surface area contributed by atoms with E-state index in [0.717, 1.165) is 12.0 Å². The normalized spacial score (nSPS) is 13.4. The van der Waals surface area contributed by atoms with Crippen LogP contribution in [0.4, 0.5) is 5.82 Å². The van der Waals surface area contributed by atoms with Crippen LogP contribution in [0.25, 0.3) is 0 Å². The zero-order valence-electron chi connectivity index (χ0n) is 11.5. The summed E-state index contributed by atoms with van der Waals surface area (Å²) in [5.74, 6) is -0.781. The van der Waals surface area contributed by atoms with Crippen LogP contribution in [0.2, 0.25) is 0 Å². The molecular weight excluding hydrogens is 266 g/mol.